The van der Waals surface area contributed by atoms with Crippen molar-refractivity contribution >= 4 is 11.9 Å². The average molecular weight is 732 g/mol. The molecule has 2 unspecified atom stereocenters. The number of ether oxygens (including phenoxy) is 1. The van der Waals surface area contributed by atoms with Gasteiger partial charge in [0.25, 0.3) is 5.56 Å². The first-order valence-corrected chi connectivity index (χ1v) is 16.9. The maximum absolute atomic E-state index is 16.6. The molecule has 4 heterocycles. The molecule has 0 aliphatic carbocycles. The number of carboxylic acid groups (broad SMARTS) is 1. The summed E-state index contributed by atoms with van der Waals surface area (Å²) in [5.74, 6) is -3.86. The molecule has 3 saturated heterocycles. The first kappa shape index (κ1) is 38.6. The number of nitrogens with one attached hydrogen (secondary N) is 1. The Hall–Kier alpha value is -4.61. The molecule has 3 aliphatic heterocycles. The Balaban J connectivity index is 1.56. The fraction of sp³-hybridized carbons (Fsp3) is 0.447. The number of nitrogens with zero attached hydrogens (tertiary/aromatic N) is 2. The molecule has 6 rings (SSSR count). The predicted molar refractivity (Wildman–Crippen MR) is 180 cm³/mol. The van der Waals surface area contributed by atoms with Crippen molar-refractivity contribution in [1.82, 2.24) is 14.8 Å². The summed E-state index contributed by atoms with van der Waals surface area (Å²) >= 11 is 0. The second-order valence-corrected chi connectivity index (χ2v) is 14.0. The quantitative estimate of drug-likeness (QED) is 0.163. The summed E-state index contributed by atoms with van der Waals surface area (Å²) < 4.78 is 95.5. The number of morpholine rings is 1. The van der Waals surface area contributed by atoms with Crippen molar-refractivity contribution in [2.24, 2.45) is 5.92 Å². The van der Waals surface area contributed by atoms with Crippen LogP contribution in [0.4, 0.5) is 26.3 Å². The van der Waals surface area contributed by atoms with Gasteiger partial charge in [-0.15, -0.1) is 6.42 Å². The van der Waals surface area contributed by atoms with Crippen LogP contribution in [0.5, 0.6) is 0 Å². The van der Waals surface area contributed by atoms with E-state index in [0.717, 1.165) is 35.4 Å². The van der Waals surface area contributed by atoms with Gasteiger partial charge in [0.15, 0.2) is 0 Å². The van der Waals surface area contributed by atoms with Crippen LogP contribution in [0.1, 0.15) is 78.6 Å². The third-order valence-corrected chi connectivity index (χ3v) is 9.53. The fourth-order valence-corrected chi connectivity index (χ4v) is 7.28. The molecule has 3 fully saturated rings. The zero-order valence-corrected chi connectivity index (χ0v) is 29.0. The number of carboxylic acids is 1. The smallest absolute Gasteiger partial charge is 0.416 e. The number of carbonyl (C=O) groups is 2. The summed E-state index contributed by atoms with van der Waals surface area (Å²) in [5.41, 5.74) is -3.26. The van der Waals surface area contributed by atoms with Crippen molar-refractivity contribution in [2.75, 3.05) is 19.6 Å². The fourth-order valence-electron chi connectivity index (χ4n) is 7.28. The number of alkyl halides is 3. The second kappa shape index (κ2) is 15.2. The molecule has 2 aromatic carbocycles. The molecule has 0 spiro atoms. The van der Waals surface area contributed by atoms with Crippen molar-refractivity contribution in [3.63, 3.8) is 0 Å². The first-order chi connectivity index (χ1) is 24.4. The minimum Gasteiger partial charge on any atom is -0.481 e. The van der Waals surface area contributed by atoms with Gasteiger partial charge in [0.2, 0.25) is 5.91 Å². The number of aromatic nitrogens is 1. The molecule has 52 heavy (non-hydrogen) atoms. The summed E-state index contributed by atoms with van der Waals surface area (Å²) in [4.78, 5) is 41.4. The van der Waals surface area contributed by atoms with Crippen LogP contribution in [0, 0.1) is 49.6 Å². The first-order valence-electron chi connectivity index (χ1n) is 16.9. The number of halogens is 6. The third-order valence-electron chi connectivity index (χ3n) is 9.53. The van der Waals surface area contributed by atoms with E-state index in [4.69, 9.17) is 11.2 Å². The Morgan fingerprint density at radius 2 is 1.67 bits per heavy atom. The molecule has 1 aromatic heterocycles. The molecular weight excluding hydrogens is 692 g/mol. The minimum absolute atomic E-state index is 0.0184. The van der Waals surface area contributed by atoms with Gasteiger partial charge in [-0.2, -0.15) is 13.2 Å². The Labute approximate surface area is 296 Å². The molecule has 4 atom stereocenters. The molecule has 2 bridgehead atoms. The summed E-state index contributed by atoms with van der Waals surface area (Å²) in [6.07, 6.45) is 1.43. The second-order valence-electron chi connectivity index (χ2n) is 14.0. The lowest BCUT2D eigenvalue weighted by Crippen LogP contribution is -2.57. The van der Waals surface area contributed by atoms with Gasteiger partial charge in [-0.05, 0) is 73.1 Å². The van der Waals surface area contributed by atoms with Crippen molar-refractivity contribution in [1.29, 1.82) is 0 Å². The van der Waals surface area contributed by atoms with Gasteiger partial charge in [0, 0.05) is 55.0 Å². The number of aliphatic carboxylic acids is 1. The van der Waals surface area contributed by atoms with Gasteiger partial charge in [-0.1, -0.05) is 19.8 Å². The summed E-state index contributed by atoms with van der Waals surface area (Å²) in [7, 11) is 0. The number of aryl methyl sites for hydroxylation is 2. The summed E-state index contributed by atoms with van der Waals surface area (Å²) in [6.45, 7) is 7.72. The Kier molecular flexibility index (Phi) is 11.3. The number of amides is 1. The van der Waals surface area contributed by atoms with E-state index < -0.39 is 70.7 Å². The molecule has 3 aromatic rings. The molecule has 0 radical (unpaired) electrons. The maximum atomic E-state index is 16.6. The van der Waals surface area contributed by atoms with Gasteiger partial charge < -0.3 is 19.7 Å². The maximum Gasteiger partial charge on any atom is 0.416 e. The highest BCUT2D eigenvalue weighted by molar-refractivity contribution is 5.83. The van der Waals surface area contributed by atoms with Gasteiger partial charge in [-0.25, -0.2) is 13.2 Å². The number of piperidine rings is 1. The van der Waals surface area contributed by atoms with Crippen LogP contribution < -0.4 is 10.9 Å². The van der Waals surface area contributed by atoms with Gasteiger partial charge in [0.1, 0.15) is 23.5 Å². The Morgan fingerprint density at radius 3 is 2.21 bits per heavy atom. The normalized spacial score (nSPS) is 18.4. The highest BCUT2D eigenvalue weighted by atomic mass is 19.4. The van der Waals surface area contributed by atoms with E-state index in [2.05, 4.69) is 11.2 Å². The van der Waals surface area contributed by atoms with Gasteiger partial charge in [0.05, 0.1) is 30.2 Å². The molecule has 2 N–H and O–H groups in total. The van der Waals surface area contributed by atoms with Crippen LogP contribution in [-0.4, -0.2) is 58.3 Å². The van der Waals surface area contributed by atoms with E-state index in [1.54, 1.807) is 13.8 Å². The molecule has 0 saturated carbocycles. The number of hydrogen-bond donors (Lipinski definition) is 2. The lowest BCUT2D eigenvalue weighted by molar-refractivity contribution is -0.180. The summed E-state index contributed by atoms with van der Waals surface area (Å²) in [6, 6.07) is 0.142. The van der Waals surface area contributed by atoms with Crippen LogP contribution in [0.15, 0.2) is 35.3 Å². The molecule has 8 nitrogen and oxygen atoms in total. The molecular formula is C38H39F6N3O5. The zero-order valence-electron chi connectivity index (χ0n) is 29.0. The topological polar surface area (TPSA) is 101 Å². The van der Waals surface area contributed by atoms with Gasteiger partial charge >= 0.3 is 12.1 Å². The van der Waals surface area contributed by atoms with Crippen molar-refractivity contribution in [2.45, 2.75) is 83.8 Å². The van der Waals surface area contributed by atoms with E-state index in [-0.39, 0.29) is 70.9 Å². The van der Waals surface area contributed by atoms with Gasteiger partial charge in [-0.3, -0.25) is 19.3 Å². The van der Waals surface area contributed by atoms with Crippen molar-refractivity contribution in [3.8, 4) is 23.5 Å². The number of fused-ring (bicyclic) bond motifs is 2. The van der Waals surface area contributed by atoms with E-state index in [1.165, 1.54) is 13.8 Å². The van der Waals surface area contributed by atoms with E-state index in [1.807, 2.05) is 4.90 Å². The molecule has 14 heteroatoms. The van der Waals surface area contributed by atoms with Crippen LogP contribution in [-0.2, 0) is 26.9 Å². The van der Waals surface area contributed by atoms with Crippen molar-refractivity contribution in [3.05, 3.63) is 91.6 Å². The van der Waals surface area contributed by atoms with E-state index in [9.17, 15) is 37.1 Å². The number of terminal acetylenes is 1. The van der Waals surface area contributed by atoms with E-state index in [0.29, 0.717) is 19.2 Å². The van der Waals surface area contributed by atoms with Crippen LogP contribution in [0.3, 0.4) is 0 Å². The minimum atomic E-state index is -4.87. The Bertz CT molecular complexity index is 1950. The van der Waals surface area contributed by atoms with Crippen LogP contribution >= 0.6 is 0 Å². The predicted octanol–water partition coefficient (Wildman–Crippen LogP) is 6.48. The standard InChI is InChI=1S/C38H39F6N3O5/c1-6-22-12-28(40)35(36(41)34(22)33-20(4)10-24(39)11-21(33)5)29(15-32(49)50)45-37(51)30(9-19(2)3)47-16-23(27(14-31(47)48)38(42,43)44)7-8-46-17-25-13-26(18-46)52-25/h1,10-12,14,16,19,25-26,29-30H,7-9,13,15,17-18H2,2-5H3,(H,45,51)(H,49,50)/t25?,26?,29-,30-/m0/s1. The highest BCUT2D eigenvalue weighted by Gasteiger charge is 2.40. The lowest BCUT2D eigenvalue weighted by Gasteiger charge is -2.47. The Morgan fingerprint density at radius 1 is 1.06 bits per heavy atom. The number of rotatable bonds is 12. The molecule has 3 aliphatic rings. The zero-order chi connectivity index (χ0) is 38.2. The van der Waals surface area contributed by atoms with Crippen LogP contribution in [0.25, 0.3) is 11.1 Å². The SMILES string of the molecule is C#Cc1cc(F)c([C@H](CC(=O)O)NC(=O)[C@H](CC(C)C)n2cc(CCN3CC4CC(C3)O4)c(C(F)(F)F)cc2=O)c(F)c1-c1c(C)cc(F)cc1C. The number of pyridine rings is 1. The monoisotopic (exact) mass is 731 g/mol. The third kappa shape index (κ3) is 8.21. The number of benzene rings is 2. The van der Waals surface area contributed by atoms with Crippen LogP contribution in [0.2, 0.25) is 0 Å². The van der Waals surface area contributed by atoms with E-state index >= 15 is 8.78 Å². The molecule has 278 valence electrons. The lowest BCUT2D eigenvalue weighted by atomic mass is 9.88. The molecule has 1 amide bonds. The average Bonchev–Trinajstić information content (AvgIpc) is 3.02. The number of hydrogen-bond acceptors (Lipinski definition) is 5. The highest BCUT2D eigenvalue weighted by Crippen LogP contribution is 2.39. The number of carbonyl (C=O) groups excluding carboxylic acids is 1. The summed E-state index contributed by atoms with van der Waals surface area (Å²) in [5, 5.41) is 12.2. The largest absolute Gasteiger partial charge is 0.481 e. The van der Waals surface area contributed by atoms with Crippen molar-refractivity contribution < 1.29 is 45.8 Å².